The van der Waals surface area contributed by atoms with E-state index in [-0.39, 0.29) is 11.3 Å². The van der Waals surface area contributed by atoms with Gasteiger partial charge in [-0.25, -0.2) is 0 Å². The molecule has 0 aliphatic carbocycles. The molecule has 0 saturated heterocycles. The summed E-state index contributed by atoms with van der Waals surface area (Å²) in [5, 5.41) is 0. The topological polar surface area (TPSA) is 60.4 Å². The highest BCUT2D eigenvalue weighted by atomic mass is 32.2. The van der Waals surface area contributed by atoms with Gasteiger partial charge in [-0.05, 0) is 24.6 Å². The van der Waals surface area contributed by atoms with Crippen molar-refractivity contribution in [2.45, 2.75) is 18.2 Å². The van der Waals surface area contributed by atoms with Crippen LogP contribution >= 0.6 is 0 Å². The molecule has 4 nitrogen and oxygen atoms in total. The van der Waals surface area contributed by atoms with E-state index in [1.54, 1.807) is 36.4 Å². The van der Waals surface area contributed by atoms with Crippen LogP contribution in [0.5, 0.6) is 0 Å². The number of carbonyl (C=O) groups excluding carboxylic acids is 1. The molecule has 0 saturated carbocycles. The number of benzene rings is 2. The van der Waals surface area contributed by atoms with E-state index in [0.29, 0.717) is 5.56 Å². The van der Waals surface area contributed by atoms with Crippen LogP contribution in [-0.2, 0) is 25.5 Å². The normalized spacial score (nSPS) is 11.1. The van der Waals surface area contributed by atoms with E-state index in [2.05, 4.69) is 4.18 Å². The van der Waals surface area contributed by atoms with E-state index in [9.17, 15) is 13.2 Å². The zero-order valence-electron chi connectivity index (χ0n) is 10.9. The Bertz CT molecular complexity index is 688. The Morgan fingerprint density at radius 2 is 1.60 bits per heavy atom. The Labute approximate surface area is 118 Å². The monoisotopic (exact) mass is 290 g/mol. The van der Waals surface area contributed by atoms with Gasteiger partial charge in [0.15, 0.2) is 0 Å². The van der Waals surface area contributed by atoms with Gasteiger partial charge in [0.25, 0.3) is 0 Å². The summed E-state index contributed by atoms with van der Waals surface area (Å²) in [5.41, 5.74) is 1.64. The molecule has 20 heavy (non-hydrogen) atoms. The van der Waals surface area contributed by atoms with Crippen molar-refractivity contribution in [3.8, 4) is 0 Å². The standard InChI is InChI=1S/C15H14O4S/c1-12-7-9-14(10-8-12)20(17,18)19-15(16)11-13-5-3-2-4-6-13/h2-10H,11H2,1H3. The molecule has 0 amide bonds. The summed E-state index contributed by atoms with van der Waals surface area (Å²) < 4.78 is 28.4. The van der Waals surface area contributed by atoms with Crippen LogP contribution < -0.4 is 0 Å². The van der Waals surface area contributed by atoms with Crippen molar-refractivity contribution in [1.29, 1.82) is 0 Å². The summed E-state index contributed by atoms with van der Waals surface area (Å²) in [6.07, 6.45) is -0.0774. The molecule has 0 heterocycles. The second-order valence-electron chi connectivity index (χ2n) is 4.38. The molecule has 0 radical (unpaired) electrons. The quantitative estimate of drug-likeness (QED) is 0.812. The van der Waals surface area contributed by atoms with Crippen molar-refractivity contribution in [2.24, 2.45) is 0 Å². The number of hydrogen-bond acceptors (Lipinski definition) is 4. The maximum atomic E-state index is 11.9. The fourth-order valence-electron chi connectivity index (χ4n) is 1.67. The van der Waals surface area contributed by atoms with E-state index in [1.165, 1.54) is 12.1 Å². The Kier molecular flexibility index (Phi) is 4.20. The van der Waals surface area contributed by atoms with E-state index >= 15 is 0 Å². The minimum atomic E-state index is -4.05. The molecule has 2 rings (SSSR count). The van der Waals surface area contributed by atoms with Gasteiger partial charge >= 0.3 is 16.1 Å². The fraction of sp³-hybridized carbons (Fsp3) is 0.133. The van der Waals surface area contributed by atoms with E-state index in [1.807, 2.05) is 13.0 Å². The van der Waals surface area contributed by atoms with Crippen LogP contribution in [-0.4, -0.2) is 14.4 Å². The molecule has 0 aliphatic rings. The first-order valence-electron chi connectivity index (χ1n) is 6.05. The minimum absolute atomic E-state index is 0.0236. The first-order valence-corrected chi connectivity index (χ1v) is 7.46. The number of aryl methyl sites for hydroxylation is 1. The Hall–Kier alpha value is -2.14. The van der Waals surface area contributed by atoms with Crippen molar-refractivity contribution in [1.82, 2.24) is 0 Å². The van der Waals surface area contributed by atoms with Crippen LogP contribution in [0.25, 0.3) is 0 Å². The van der Waals surface area contributed by atoms with Gasteiger partial charge in [-0.1, -0.05) is 48.0 Å². The van der Waals surface area contributed by atoms with E-state index < -0.39 is 16.1 Å². The van der Waals surface area contributed by atoms with Crippen LogP contribution in [0.3, 0.4) is 0 Å². The Morgan fingerprint density at radius 3 is 2.20 bits per heavy atom. The lowest BCUT2D eigenvalue weighted by atomic mass is 10.2. The van der Waals surface area contributed by atoms with Crippen LogP contribution in [0.1, 0.15) is 11.1 Å². The largest absolute Gasteiger partial charge is 0.342 e. The van der Waals surface area contributed by atoms with E-state index in [0.717, 1.165) is 5.56 Å². The van der Waals surface area contributed by atoms with Gasteiger partial charge in [-0.2, -0.15) is 8.42 Å². The highest BCUT2D eigenvalue weighted by Crippen LogP contribution is 2.14. The van der Waals surface area contributed by atoms with Crippen LogP contribution in [0.2, 0.25) is 0 Å². The van der Waals surface area contributed by atoms with Gasteiger partial charge in [0.05, 0.1) is 6.42 Å². The summed E-state index contributed by atoms with van der Waals surface area (Å²) in [6, 6.07) is 15.0. The van der Waals surface area contributed by atoms with Crippen molar-refractivity contribution < 1.29 is 17.4 Å². The van der Waals surface area contributed by atoms with Crippen LogP contribution in [0.4, 0.5) is 0 Å². The molecule has 0 bridgehead atoms. The maximum Gasteiger partial charge on any atom is 0.341 e. The summed E-state index contributed by atoms with van der Waals surface area (Å²) in [7, 11) is -4.05. The predicted octanol–water partition coefficient (Wildman–Crippen LogP) is 2.47. The molecular weight excluding hydrogens is 276 g/mol. The number of carbonyl (C=O) groups is 1. The maximum absolute atomic E-state index is 11.9. The second kappa shape index (κ2) is 5.88. The third-order valence-electron chi connectivity index (χ3n) is 2.70. The summed E-state index contributed by atoms with van der Waals surface area (Å²) >= 11 is 0. The molecule has 0 spiro atoms. The summed E-state index contributed by atoms with van der Waals surface area (Å²) in [4.78, 5) is 11.6. The van der Waals surface area contributed by atoms with Crippen molar-refractivity contribution in [2.75, 3.05) is 0 Å². The Balaban J connectivity index is 2.08. The van der Waals surface area contributed by atoms with Gasteiger partial charge in [0.1, 0.15) is 4.90 Å². The first-order chi connectivity index (χ1) is 9.47. The Morgan fingerprint density at radius 1 is 1.00 bits per heavy atom. The molecule has 0 N–H and O–H groups in total. The third-order valence-corrected chi connectivity index (χ3v) is 3.96. The van der Waals surface area contributed by atoms with Crippen molar-refractivity contribution in [3.63, 3.8) is 0 Å². The zero-order valence-corrected chi connectivity index (χ0v) is 11.8. The summed E-state index contributed by atoms with van der Waals surface area (Å²) in [6.45, 7) is 1.85. The highest BCUT2D eigenvalue weighted by molar-refractivity contribution is 7.87. The van der Waals surface area contributed by atoms with Gasteiger partial charge < -0.3 is 4.18 Å². The average molecular weight is 290 g/mol. The fourth-order valence-corrected chi connectivity index (χ4v) is 2.54. The highest BCUT2D eigenvalue weighted by Gasteiger charge is 2.20. The SMILES string of the molecule is Cc1ccc(S(=O)(=O)OC(=O)Cc2ccccc2)cc1. The van der Waals surface area contributed by atoms with Gasteiger partial charge in [-0.3, -0.25) is 4.79 Å². The molecule has 0 unspecified atom stereocenters. The molecule has 2 aromatic rings. The lowest BCUT2D eigenvalue weighted by Crippen LogP contribution is -2.15. The number of rotatable bonds is 4. The first kappa shape index (κ1) is 14.3. The van der Waals surface area contributed by atoms with Crippen molar-refractivity contribution in [3.05, 3.63) is 65.7 Å². The molecule has 104 valence electrons. The molecule has 0 fully saturated rings. The van der Waals surface area contributed by atoms with Crippen LogP contribution in [0.15, 0.2) is 59.5 Å². The average Bonchev–Trinajstić information content (AvgIpc) is 2.39. The molecule has 0 aromatic heterocycles. The third kappa shape index (κ3) is 3.68. The second-order valence-corrected chi connectivity index (χ2v) is 5.93. The van der Waals surface area contributed by atoms with Crippen LogP contribution in [0, 0.1) is 6.92 Å². The molecule has 2 aromatic carbocycles. The zero-order chi connectivity index (χ0) is 14.6. The lowest BCUT2D eigenvalue weighted by molar-refractivity contribution is -0.133. The predicted molar refractivity (Wildman–Crippen MR) is 74.6 cm³/mol. The summed E-state index contributed by atoms with van der Waals surface area (Å²) in [5.74, 6) is -0.795. The lowest BCUT2D eigenvalue weighted by Gasteiger charge is -2.06. The molecular formula is C15H14O4S. The molecule has 0 atom stereocenters. The van der Waals surface area contributed by atoms with E-state index in [4.69, 9.17) is 0 Å². The molecule has 0 aliphatic heterocycles. The molecule has 5 heteroatoms. The van der Waals surface area contributed by atoms with Gasteiger partial charge in [0.2, 0.25) is 0 Å². The minimum Gasteiger partial charge on any atom is -0.342 e. The smallest absolute Gasteiger partial charge is 0.341 e. The van der Waals surface area contributed by atoms with Gasteiger partial charge in [-0.15, -0.1) is 0 Å². The number of hydrogen-bond donors (Lipinski definition) is 0. The van der Waals surface area contributed by atoms with Gasteiger partial charge in [0, 0.05) is 0 Å². The van der Waals surface area contributed by atoms with Crippen molar-refractivity contribution >= 4 is 16.1 Å².